The van der Waals surface area contributed by atoms with E-state index in [1.54, 1.807) is 24.1 Å². The van der Waals surface area contributed by atoms with Crippen LogP contribution < -0.4 is 5.32 Å². The molecule has 1 N–H and O–H groups in total. The zero-order valence-corrected chi connectivity index (χ0v) is 12.6. The number of carbonyl (C=O) groups is 1. The van der Waals surface area contributed by atoms with Gasteiger partial charge in [-0.2, -0.15) is 5.10 Å². The number of nitrogens with zero attached hydrogens (tertiary/aromatic N) is 2. The SMILES string of the molecule is COC(CNC(=O)c1cccc(-n2cccn2)c1)C(C)C. The molecule has 1 heterocycles. The Morgan fingerprint density at radius 3 is 2.81 bits per heavy atom. The number of amides is 1. The molecule has 1 amide bonds. The molecule has 5 nitrogen and oxygen atoms in total. The second kappa shape index (κ2) is 7.04. The molecule has 0 radical (unpaired) electrons. The number of ether oxygens (including phenoxy) is 1. The van der Waals surface area contributed by atoms with Gasteiger partial charge in [0.05, 0.1) is 11.8 Å². The fraction of sp³-hybridized carbons (Fsp3) is 0.375. The summed E-state index contributed by atoms with van der Waals surface area (Å²) in [6.07, 6.45) is 3.57. The molecule has 1 atom stereocenters. The molecule has 1 aromatic heterocycles. The second-order valence-electron chi connectivity index (χ2n) is 5.23. The number of carbonyl (C=O) groups excluding carboxylic acids is 1. The van der Waals surface area contributed by atoms with Gasteiger partial charge in [-0.15, -0.1) is 0 Å². The molecule has 1 aromatic carbocycles. The van der Waals surface area contributed by atoms with Crippen LogP contribution in [0.5, 0.6) is 0 Å². The summed E-state index contributed by atoms with van der Waals surface area (Å²) in [6, 6.07) is 9.22. The van der Waals surface area contributed by atoms with Crippen LogP contribution in [0.1, 0.15) is 24.2 Å². The first kappa shape index (κ1) is 15.3. The van der Waals surface area contributed by atoms with Crippen molar-refractivity contribution in [1.29, 1.82) is 0 Å². The normalized spacial score (nSPS) is 12.4. The first-order valence-electron chi connectivity index (χ1n) is 7.03. The lowest BCUT2D eigenvalue weighted by Gasteiger charge is -2.19. The van der Waals surface area contributed by atoms with Gasteiger partial charge in [0.1, 0.15) is 0 Å². The predicted molar refractivity (Wildman–Crippen MR) is 81.5 cm³/mol. The van der Waals surface area contributed by atoms with Crippen molar-refractivity contribution in [3.63, 3.8) is 0 Å². The van der Waals surface area contributed by atoms with E-state index < -0.39 is 0 Å². The van der Waals surface area contributed by atoms with Crippen LogP contribution >= 0.6 is 0 Å². The summed E-state index contributed by atoms with van der Waals surface area (Å²) >= 11 is 0. The molecule has 0 aliphatic heterocycles. The van der Waals surface area contributed by atoms with Crippen molar-refractivity contribution in [2.24, 2.45) is 5.92 Å². The Hall–Kier alpha value is -2.14. The molecule has 0 fully saturated rings. The molecular formula is C16H21N3O2. The topological polar surface area (TPSA) is 56.1 Å². The Balaban J connectivity index is 2.04. The third-order valence-electron chi connectivity index (χ3n) is 3.39. The first-order valence-corrected chi connectivity index (χ1v) is 7.03. The van der Waals surface area contributed by atoms with Gasteiger partial charge in [0.25, 0.3) is 5.91 Å². The molecule has 0 spiro atoms. The van der Waals surface area contributed by atoms with Crippen molar-refractivity contribution in [1.82, 2.24) is 15.1 Å². The molecule has 1 unspecified atom stereocenters. The molecule has 112 valence electrons. The van der Waals surface area contributed by atoms with Crippen molar-refractivity contribution >= 4 is 5.91 Å². The molecule has 5 heteroatoms. The van der Waals surface area contributed by atoms with E-state index in [-0.39, 0.29) is 12.0 Å². The van der Waals surface area contributed by atoms with E-state index in [0.29, 0.717) is 18.0 Å². The molecule has 2 aromatic rings. The maximum atomic E-state index is 12.2. The van der Waals surface area contributed by atoms with E-state index in [1.165, 1.54) is 0 Å². The number of hydrogen-bond acceptors (Lipinski definition) is 3. The van der Waals surface area contributed by atoms with Crippen LogP contribution in [0.2, 0.25) is 0 Å². The fourth-order valence-electron chi connectivity index (χ4n) is 2.10. The number of nitrogens with one attached hydrogen (secondary N) is 1. The van der Waals surface area contributed by atoms with Crippen LogP contribution in [0.3, 0.4) is 0 Å². The lowest BCUT2D eigenvalue weighted by Crippen LogP contribution is -2.36. The van der Waals surface area contributed by atoms with Crippen molar-refractivity contribution in [2.45, 2.75) is 20.0 Å². The lowest BCUT2D eigenvalue weighted by molar-refractivity contribution is 0.0605. The summed E-state index contributed by atoms with van der Waals surface area (Å²) in [5.41, 5.74) is 1.47. The van der Waals surface area contributed by atoms with Gasteiger partial charge < -0.3 is 10.1 Å². The van der Waals surface area contributed by atoms with Crippen LogP contribution in [0.4, 0.5) is 0 Å². The summed E-state index contributed by atoms with van der Waals surface area (Å²) in [5.74, 6) is 0.248. The average Bonchev–Trinajstić information content (AvgIpc) is 3.01. The van der Waals surface area contributed by atoms with Gasteiger partial charge >= 0.3 is 0 Å². The number of methoxy groups -OCH3 is 1. The zero-order valence-electron chi connectivity index (χ0n) is 12.6. The third kappa shape index (κ3) is 3.92. The Morgan fingerprint density at radius 1 is 1.38 bits per heavy atom. The number of rotatable bonds is 6. The first-order chi connectivity index (χ1) is 10.1. The minimum absolute atomic E-state index is 0.0169. The highest BCUT2D eigenvalue weighted by molar-refractivity contribution is 5.94. The van der Waals surface area contributed by atoms with Gasteiger partial charge in [0.15, 0.2) is 0 Å². The van der Waals surface area contributed by atoms with Crippen LogP contribution in [0, 0.1) is 5.92 Å². The number of hydrogen-bond donors (Lipinski definition) is 1. The summed E-state index contributed by atoms with van der Waals surface area (Å²) < 4.78 is 7.08. The van der Waals surface area contributed by atoms with E-state index >= 15 is 0 Å². The highest BCUT2D eigenvalue weighted by atomic mass is 16.5. The van der Waals surface area contributed by atoms with Crippen LogP contribution in [-0.2, 0) is 4.74 Å². The van der Waals surface area contributed by atoms with Gasteiger partial charge in [-0.1, -0.05) is 19.9 Å². The summed E-state index contributed by atoms with van der Waals surface area (Å²) in [7, 11) is 1.66. The molecular weight excluding hydrogens is 266 g/mol. The minimum atomic E-state index is -0.105. The van der Waals surface area contributed by atoms with Crippen molar-refractivity contribution < 1.29 is 9.53 Å². The minimum Gasteiger partial charge on any atom is -0.379 e. The highest BCUT2D eigenvalue weighted by Gasteiger charge is 2.14. The summed E-state index contributed by atoms with van der Waals surface area (Å²) in [5, 5.41) is 7.07. The molecule has 0 saturated heterocycles. The monoisotopic (exact) mass is 287 g/mol. The number of benzene rings is 1. The lowest BCUT2D eigenvalue weighted by atomic mass is 10.1. The highest BCUT2D eigenvalue weighted by Crippen LogP contribution is 2.10. The van der Waals surface area contributed by atoms with E-state index in [1.807, 2.05) is 30.5 Å². The number of aromatic nitrogens is 2. The van der Waals surface area contributed by atoms with Crippen molar-refractivity contribution in [3.05, 3.63) is 48.3 Å². The largest absolute Gasteiger partial charge is 0.379 e. The van der Waals surface area contributed by atoms with Gasteiger partial charge in [-0.25, -0.2) is 4.68 Å². The zero-order chi connectivity index (χ0) is 15.2. The predicted octanol–water partition coefficient (Wildman–Crippen LogP) is 2.27. The van der Waals surface area contributed by atoms with Crippen LogP contribution in [-0.4, -0.2) is 35.4 Å². The van der Waals surface area contributed by atoms with E-state index in [0.717, 1.165) is 5.69 Å². The summed E-state index contributed by atoms with van der Waals surface area (Å²) in [4.78, 5) is 12.2. The van der Waals surface area contributed by atoms with Crippen molar-refractivity contribution in [2.75, 3.05) is 13.7 Å². The van der Waals surface area contributed by atoms with E-state index in [2.05, 4.69) is 24.3 Å². The molecule has 0 bridgehead atoms. The standard InChI is InChI=1S/C16H21N3O2/c1-12(2)15(21-3)11-17-16(20)13-6-4-7-14(10-13)19-9-5-8-18-19/h4-10,12,15H,11H2,1-3H3,(H,17,20). The smallest absolute Gasteiger partial charge is 0.251 e. The molecule has 0 saturated carbocycles. The summed E-state index contributed by atoms with van der Waals surface area (Å²) in [6.45, 7) is 4.64. The Morgan fingerprint density at radius 2 is 2.19 bits per heavy atom. The second-order valence-corrected chi connectivity index (χ2v) is 5.23. The Labute approximate surface area is 124 Å². The molecule has 0 aliphatic carbocycles. The quantitative estimate of drug-likeness (QED) is 0.886. The van der Waals surface area contributed by atoms with Gasteiger partial charge in [0, 0.05) is 31.6 Å². The Kier molecular flexibility index (Phi) is 5.11. The van der Waals surface area contributed by atoms with Gasteiger partial charge in [-0.05, 0) is 30.2 Å². The van der Waals surface area contributed by atoms with E-state index in [9.17, 15) is 4.79 Å². The maximum absolute atomic E-state index is 12.2. The van der Waals surface area contributed by atoms with Crippen LogP contribution in [0.15, 0.2) is 42.7 Å². The maximum Gasteiger partial charge on any atom is 0.251 e. The van der Waals surface area contributed by atoms with E-state index in [4.69, 9.17) is 4.74 Å². The van der Waals surface area contributed by atoms with Crippen LogP contribution in [0.25, 0.3) is 5.69 Å². The van der Waals surface area contributed by atoms with Gasteiger partial charge in [0.2, 0.25) is 0 Å². The third-order valence-corrected chi connectivity index (χ3v) is 3.39. The molecule has 0 aliphatic rings. The fourth-order valence-corrected chi connectivity index (χ4v) is 2.10. The molecule has 2 rings (SSSR count). The van der Waals surface area contributed by atoms with Crippen molar-refractivity contribution in [3.8, 4) is 5.69 Å². The Bertz CT molecular complexity index is 579. The average molecular weight is 287 g/mol. The molecule has 21 heavy (non-hydrogen) atoms. The van der Waals surface area contributed by atoms with Gasteiger partial charge in [-0.3, -0.25) is 4.79 Å².